The van der Waals surface area contributed by atoms with E-state index in [9.17, 15) is 4.79 Å². The minimum Gasteiger partial charge on any atom is -0.494 e. The predicted molar refractivity (Wildman–Crippen MR) is 78.2 cm³/mol. The van der Waals surface area contributed by atoms with Crippen molar-refractivity contribution in [2.45, 2.75) is 20.8 Å². The summed E-state index contributed by atoms with van der Waals surface area (Å²) >= 11 is 0. The average Bonchev–Trinajstić information content (AvgIpc) is 2.76. The Morgan fingerprint density at radius 1 is 1.30 bits per heavy atom. The summed E-state index contributed by atoms with van der Waals surface area (Å²) in [4.78, 5) is 14.0. The van der Waals surface area contributed by atoms with Gasteiger partial charge in [0.15, 0.2) is 0 Å². The van der Waals surface area contributed by atoms with Crippen molar-refractivity contribution in [3.63, 3.8) is 0 Å². The smallest absolute Gasteiger partial charge is 0.339 e. The molecule has 0 aliphatic carbocycles. The number of hydrogen-bond acceptors (Lipinski definition) is 3. The first-order valence-electron chi connectivity index (χ1n) is 6.40. The Bertz CT molecular complexity index is 659. The third-order valence-electron chi connectivity index (χ3n) is 3.19. The molecule has 1 heterocycles. The van der Waals surface area contributed by atoms with Crippen molar-refractivity contribution in [2.24, 2.45) is 0 Å². The first-order chi connectivity index (χ1) is 9.43. The van der Waals surface area contributed by atoms with Crippen LogP contribution in [0.25, 0.3) is 11.3 Å². The highest BCUT2D eigenvalue weighted by atomic mass is 16.5. The molecule has 0 aliphatic heterocycles. The SMILES string of the molecule is CCOc1cc(C)c(-c2cc(C(=O)O)c(N)[nH]2)cc1C. The maximum atomic E-state index is 11.0. The van der Waals surface area contributed by atoms with Crippen LogP contribution in [0.4, 0.5) is 5.82 Å². The monoisotopic (exact) mass is 274 g/mol. The van der Waals surface area contributed by atoms with Gasteiger partial charge in [-0.1, -0.05) is 0 Å². The van der Waals surface area contributed by atoms with Gasteiger partial charge in [0, 0.05) is 11.3 Å². The Balaban J connectivity index is 2.50. The molecule has 0 atom stereocenters. The van der Waals surface area contributed by atoms with Gasteiger partial charge in [0.25, 0.3) is 0 Å². The van der Waals surface area contributed by atoms with Gasteiger partial charge >= 0.3 is 5.97 Å². The first-order valence-corrected chi connectivity index (χ1v) is 6.40. The summed E-state index contributed by atoms with van der Waals surface area (Å²) in [6.45, 7) is 6.46. The number of nitrogens with one attached hydrogen (secondary N) is 1. The molecular formula is C15H18N2O3. The molecule has 4 N–H and O–H groups in total. The number of carbonyl (C=O) groups is 1. The fourth-order valence-corrected chi connectivity index (χ4v) is 2.18. The maximum Gasteiger partial charge on any atom is 0.339 e. The zero-order valence-electron chi connectivity index (χ0n) is 11.8. The second-order valence-electron chi connectivity index (χ2n) is 4.68. The first kappa shape index (κ1) is 14.0. The predicted octanol–water partition coefficient (Wildman–Crippen LogP) is 2.98. The summed E-state index contributed by atoms with van der Waals surface area (Å²) in [5.41, 5.74) is 9.39. The number of aromatic amines is 1. The lowest BCUT2D eigenvalue weighted by atomic mass is 10.0. The zero-order valence-corrected chi connectivity index (χ0v) is 11.8. The molecule has 0 radical (unpaired) electrons. The second-order valence-corrected chi connectivity index (χ2v) is 4.68. The minimum atomic E-state index is -1.04. The standard InChI is InChI=1S/C15H18N2O3/c1-4-20-13-6-8(2)10(5-9(13)3)12-7-11(15(18)19)14(16)17-12/h5-7,17H,4,16H2,1-3H3,(H,18,19). The normalized spacial score (nSPS) is 10.6. The largest absolute Gasteiger partial charge is 0.494 e. The number of benzene rings is 1. The van der Waals surface area contributed by atoms with Gasteiger partial charge in [-0.05, 0) is 50.1 Å². The summed E-state index contributed by atoms with van der Waals surface area (Å²) in [6.07, 6.45) is 0. The molecule has 20 heavy (non-hydrogen) atoms. The Morgan fingerprint density at radius 3 is 2.55 bits per heavy atom. The van der Waals surface area contributed by atoms with Crippen LogP contribution in [0.2, 0.25) is 0 Å². The summed E-state index contributed by atoms with van der Waals surface area (Å²) in [5, 5.41) is 9.04. The van der Waals surface area contributed by atoms with E-state index in [4.69, 9.17) is 15.6 Å². The van der Waals surface area contributed by atoms with E-state index >= 15 is 0 Å². The van der Waals surface area contributed by atoms with Gasteiger partial charge in [0.05, 0.1) is 6.61 Å². The van der Waals surface area contributed by atoms with E-state index in [0.29, 0.717) is 12.3 Å². The van der Waals surface area contributed by atoms with Gasteiger partial charge in [-0.15, -0.1) is 0 Å². The van der Waals surface area contributed by atoms with Gasteiger partial charge in [0.2, 0.25) is 0 Å². The molecule has 2 rings (SSSR count). The third kappa shape index (κ3) is 2.47. The molecule has 1 aromatic carbocycles. The number of anilines is 1. The molecule has 0 unspecified atom stereocenters. The molecular weight excluding hydrogens is 256 g/mol. The number of aromatic carboxylic acids is 1. The number of hydrogen-bond donors (Lipinski definition) is 3. The van der Waals surface area contributed by atoms with Crippen LogP contribution in [0.1, 0.15) is 28.4 Å². The summed E-state index contributed by atoms with van der Waals surface area (Å²) in [7, 11) is 0. The van der Waals surface area contributed by atoms with Gasteiger partial charge in [0.1, 0.15) is 17.1 Å². The van der Waals surface area contributed by atoms with Crippen LogP contribution in [-0.4, -0.2) is 22.7 Å². The van der Waals surface area contributed by atoms with E-state index in [2.05, 4.69) is 4.98 Å². The van der Waals surface area contributed by atoms with Gasteiger partial charge in [-0.2, -0.15) is 0 Å². The summed E-state index contributed by atoms with van der Waals surface area (Å²) < 4.78 is 5.55. The number of nitrogen functional groups attached to an aromatic ring is 1. The van der Waals surface area contributed by atoms with Crippen LogP contribution in [0.3, 0.4) is 0 Å². The Kier molecular flexibility index (Phi) is 3.70. The van der Waals surface area contributed by atoms with Crippen LogP contribution in [0.5, 0.6) is 5.75 Å². The number of carboxylic acid groups (broad SMARTS) is 1. The van der Waals surface area contributed by atoms with Crippen molar-refractivity contribution in [3.05, 3.63) is 34.9 Å². The third-order valence-corrected chi connectivity index (χ3v) is 3.19. The lowest BCUT2D eigenvalue weighted by Gasteiger charge is -2.11. The molecule has 0 saturated heterocycles. The topological polar surface area (TPSA) is 88.3 Å². The quantitative estimate of drug-likeness (QED) is 0.799. The van der Waals surface area contributed by atoms with Crippen molar-refractivity contribution in [1.29, 1.82) is 0 Å². The molecule has 106 valence electrons. The summed E-state index contributed by atoms with van der Waals surface area (Å²) in [6, 6.07) is 5.47. The van der Waals surface area contributed by atoms with Crippen LogP contribution in [-0.2, 0) is 0 Å². The molecule has 0 fully saturated rings. The van der Waals surface area contributed by atoms with Crippen molar-refractivity contribution < 1.29 is 14.6 Å². The van der Waals surface area contributed by atoms with Crippen molar-refractivity contribution in [2.75, 3.05) is 12.3 Å². The number of carboxylic acids is 1. The molecule has 0 bridgehead atoms. The lowest BCUT2D eigenvalue weighted by Crippen LogP contribution is -1.98. The Labute approximate surface area is 117 Å². The number of aryl methyl sites for hydroxylation is 2. The van der Waals surface area contributed by atoms with Crippen molar-refractivity contribution in [3.8, 4) is 17.0 Å². The van der Waals surface area contributed by atoms with E-state index < -0.39 is 5.97 Å². The second kappa shape index (κ2) is 5.28. The maximum absolute atomic E-state index is 11.0. The Hall–Kier alpha value is -2.43. The number of H-pyrrole nitrogens is 1. The van der Waals surface area contributed by atoms with E-state index in [-0.39, 0.29) is 11.4 Å². The molecule has 0 amide bonds. The van der Waals surface area contributed by atoms with Crippen LogP contribution in [0, 0.1) is 13.8 Å². The molecule has 0 saturated carbocycles. The number of ether oxygens (including phenoxy) is 1. The van der Waals surface area contributed by atoms with Crippen molar-refractivity contribution in [1.82, 2.24) is 4.98 Å². The van der Waals surface area contributed by atoms with E-state index in [1.165, 1.54) is 0 Å². The highest BCUT2D eigenvalue weighted by molar-refractivity contribution is 5.95. The van der Waals surface area contributed by atoms with Gasteiger partial charge in [-0.25, -0.2) is 4.79 Å². The zero-order chi connectivity index (χ0) is 14.9. The van der Waals surface area contributed by atoms with E-state index in [1.807, 2.05) is 32.9 Å². The molecule has 2 aromatic rings. The van der Waals surface area contributed by atoms with Gasteiger partial charge in [-0.3, -0.25) is 0 Å². The average molecular weight is 274 g/mol. The lowest BCUT2D eigenvalue weighted by molar-refractivity contribution is 0.0698. The highest BCUT2D eigenvalue weighted by Gasteiger charge is 2.15. The summed E-state index contributed by atoms with van der Waals surface area (Å²) in [5.74, 6) is -0.0320. The van der Waals surface area contributed by atoms with Crippen LogP contribution in [0.15, 0.2) is 18.2 Å². The van der Waals surface area contributed by atoms with Crippen molar-refractivity contribution >= 4 is 11.8 Å². The molecule has 5 nitrogen and oxygen atoms in total. The van der Waals surface area contributed by atoms with E-state index in [1.54, 1.807) is 6.07 Å². The fraction of sp³-hybridized carbons (Fsp3) is 0.267. The highest BCUT2D eigenvalue weighted by Crippen LogP contribution is 2.31. The molecule has 0 aliphatic rings. The Morgan fingerprint density at radius 2 is 2.00 bits per heavy atom. The minimum absolute atomic E-state index is 0.0888. The van der Waals surface area contributed by atoms with Crippen LogP contribution >= 0.6 is 0 Å². The molecule has 1 aromatic heterocycles. The van der Waals surface area contributed by atoms with Crippen LogP contribution < -0.4 is 10.5 Å². The number of aromatic nitrogens is 1. The molecule has 5 heteroatoms. The number of nitrogens with two attached hydrogens (primary N) is 1. The van der Waals surface area contributed by atoms with E-state index in [0.717, 1.165) is 22.4 Å². The van der Waals surface area contributed by atoms with Gasteiger partial charge < -0.3 is 20.6 Å². The molecule has 0 spiro atoms. The number of rotatable bonds is 4. The fourth-order valence-electron chi connectivity index (χ4n) is 2.18.